The number of benzene rings is 1. The van der Waals surface area contributed by atoms with E-state index in [1.54, 1.807) is 12.4 Å². The zero-order valence-corrected chi connectivity index (χ0v) is 16.0. The molecule has 28 heavy (non-hydrogen) atoms. The van der Waals surface area contributed by atoms with Gasteiger partial charge in [0.1, 0.15) is 6.54 Å². The van der Waals surface area contributed by atoms with Gasteiger partial charge in [-0.2, -0.15) is 13.2 Å². The van der Waals surface area contributed by atoms with E-state index in [2.05, 4.69) is 4.98 Å². The number of amides is 3. The van der Waals surface area contributed by atoms with Crippen LogP contribution in [0.4, 0.5) is 23.7 Å². The standard InChI is InChI=1S/C19H18F3N3O2S/c1-12(2)16-9-23-8-7-13(16)10-24-11-17(26)25(18(24)27)14-3-5-15(6-4-14)28-19(20,21)22/h3-9,12H,10-11H2,1-2H3. The number of hydrogen-bond donors (Lipinski definition) is 0. The van der Waals surface area contributed by atoms with Gasteiger partial charge in [0.25, 0.3) is 5.91 Å². The maximum atomic E-state index is 12.7. The molecular weight excluding hydrogens is 391 g/mol. The third-order valence-corrected chi connectivity index (χ3v) is 5.03. The number of anilines is 1. The van der Waals surface area contributed by atoms with Crippen molar-refractivity contribution in [3.05, 3.63) is 53.9 Å². The summed E-state index contributed by atoms with van der Waals surface area (Å²) < 4.78 is 37.3. The number of rotatable bonds is 5. The molecule has 148 valence electrons. The lowest BCUT2D eigenvalue weighted by Crippen LogP contribution is -2.33. The minimum Gasteiger partial charge on any atom is -0.310 e. The first-order valence-corrected chi connectivity index (χ1v) is 9.38. The van der Waals surface area contributed by atoms with E-state index >= 15 is 0 Å². The first-order valence-electron chi connectivity index (χ1n) is 8.56. The van der Waals surface area contributed by atoms with Crippen LogP contribution in [0.1, 0.15) is 30.9 Å². The SMILES string of the molecule is CC(C)c1cnccc1CN1CC(=O)N(c2ccc(SC(F)(F)F)cc2)C1=O. The largest absolute Gasteiger partial charge is 0.446 e. The molecular formula is C19H18F3N3O2S. The summed E-state index contributed by atoms with van der Waals surface area (Å²) in [6.07, 6.45) is 3.38. The summed E-state index contributed by atoms with van der Waals surface area (Å²) in [4.78, 5) is 31.6. The van der Waals surface area contributed by atoms with Gasteiger partial charge in [-0.25, -0.2) is 9.69 Å². The summed E-state index contributed by atoms with van der Waals surface area (Å²) in [5.74, 6) is -0.201. The Bertz CT molecular complexity index is 885. The van der Waals surface area contributed by atoms with Crippen molar-refractivity contribution in [3.8, 4) is 0 Å². The van der Waals surface area contributed by atoms with Gasteiger partial charge in [-0.15, -0.1) is 0 Å². The second-order valence-corrected chi connectivity index (χ2v) is 7.78. The van der Waals surface area contributed by atoms with Gasteiger partial charge in [0.05, 0.1) is 5.69 Å². The highest BCUT2D eigenvalue weighted by molar-refractivity contribution is 8.00. The third kappa shape index (κ3) is 4.46. The average molecular weight is 409 g/mol. The molecule has 0 aliphatic carbocycles. The molecule has 3 rings (SSSR count). The molecule has 1 aromatic carbocycles. The Labute approximate surface area is 164 Å². The fourth-order valence-corrected chi connectivity index (χ4v) is 3.57. The van der Waals surface area contributed by atoms with Gasteiger partial charge in [0, 0.05) is 23.8 Å². The Kier molecular flexibility index (Phi) is 5.64. The van der Waals surface area contributed by atoms with Gasteiger partial charge in [-0.3, -0.25) is 9.78 Å². The van der Waals surface area contributed by atoms with Crippen LogP contribution in [0.25, 0.3) is 0 Å². The number of nitrogens with zero attached hydrogens (tertiary/aromatic N) is 3. The molecule has 0 atom stereocenters. The van der Waals surface area contributed by atoms with Gasteiger partial charge < -0.3 is 4.90 Å². The van der Waals surface area contributed by atoms with Crippen molar-refractivity contribution in [1.29, 1.82) is 0 Å². The maximum Gasteiger partial charge on any atom is 0.446 e. The fraction of sp³-hybridized carbons (Fsp3) is 0.316. The number of imide groups is 1. The summed E-state index contributed by atoms with van der Waals surface area (Å²) in [6, 6.07) is 6.51. The molecule has 2 heterocycles. The van der Waals surface area contributed by atoms with Crippen molar-refractivity contribution >= 4 is 29.4 Å². The molecule has 5 nitrogen and oxygen atoms in total. The molecule has 1 saturated heterocycles. The molecule has 2 aromatic rings. The van der Waals surface area contributed by atoms with Crippen LogP contribution in [0.5, 0.6) is 0 Å². The Balaban J connectivity index is 1.77. The first kappa shape index (κ1) is 20.2. The molecule has 1 aromatic heterocycles. The Hall–Kier alpha value is -2.55. The number of thioether (sulfide) groups is 1. The molecule has 0 saturated carbocycles. The Morgan fingerprint density at radius 1 is 1.14 bits per heavy atom. The molecule has 0 bridgehead atoms. The van der Waals surface area contributed by atoms with Crippen molar-refractivity contribution in [2.45, 2.75) is 36.7 Å². The van der Waals surface area contributed by atoms with E-state index in [9.17, 15) is 22.8 Å². The molecule has 0 spiro atoms. The highest BCUT2D eigenvalue weighted by Crippen LogP contribution is 2.37. The monoisotopic (exact) mass is 409 g/mol. The minimum atomic E-state index is -4.39. The number of carbonyl (C=O) groups excluding carboxylic acids is 2. The first-order chi connectivity index (χ1) is 13.2. The summed E-state index contributed by atoms with van der Waals surface area (Å²) in [7, 11) is 0. The minimum absolute atomic E-state index is 0.00874. The van der Waals surface area contributed by atoms with Crippen molar-refractivity contribution in [2.75, 3.05) is 11.4 Å². The lowest BCUT2D eigenvalue weighted by molar-refractivity contribution is -0.116. The summed E-state index contributed by atoms with van der Waals surface area (Å²) >= 11 is -0.245. The summed E-state index contributed by atoms with van der Waals surface area (Å²) in [5, 5.41) is 0. The zero-order chi connectivity index (χ0) is 20.5. The topological polar surface area (TPSA) is 53.5 Å². The van der Waals surface area contributed by atoms with Gasteiger partial charge in [0.2, 0.25) is 0 Å². The van der Waals surface area contributed by atoms with Crippen LogP contribution in [-0.4, -0.2) is 33.9 Å². The van der Waals surface area contributed by atoms with Crippen molar-refractivity contribution in [2.24, 2.45) is 0 Å². The van der Waals surface area contributed by atoms with Gasteiger partial charge in [0.15, 0.2) is 0 Å². The molecule has 0 unspecified atom stereocenters. The molecule has 1 fully saturated rings. The Morgan fingerprint density at radius 2 is 1.82 bits per heavy atom. The highest BCUT2D eigenvalue weighted by atomic mass is 32.2. The fourth-order valence-electron chi connectivity index (χ4n) is 3.03. The second-order valence-electron chi connectivity index (χ2n) is 6.64. The predicted molar refractivity (Wildman–Crippen MR) is 100.0 cm³/mol. The van der Waals surface area contributed by atoms with Gasteiger partial charge >= 0.3 is 11.5 Å². The molecule has 3 amide bonds. The van der Waals surface area contributed by atoms with Crippen LogP contribution >= 0.6 is 11.8 Å². The number of pyridine rings is 1. The summed E-state index contributed by atoms with van der Waals surface area (Å²) in [6.45, 7) is 4.21. The van der Waals surface area contributed by atoms with Crippen LogP contribution in [0.3, 0.4) is 0 Å². The lowest BCUT2D eigenvalue weighted by Gasteiger charge is -2.19. The van der Waals surface area contributed by atoms with Gasteiger partial charge in [-0.1, -0.05) is 13.8 Å². The molecule has 9 heteroatoms. The van der Waals surface area contributed by atoms with Crippen LogP contribution < -0.4 is 4.90 Å². The number of carbonyl (C=O) groups is 2. The van der Waals surface area contributed by atoms with Crippen molar-refractivity contribution in [1.82, 2.24) is 9.88 Å². The number of hydrogen-bond acceptors (Lipinski definition) is 4. The number of urea groups is 1. The van der Waals surface area contributed by atoms with E-state index in [0.717, 1.165) is 16.0 Å². The third-order valence-electron chi connectivity index (χ3n) is 4.30. The number of alkyl halides is 3. The maximum absolute atomic E-state index is 12.7. The van der Waals surface area contributed by atoms with E-state index in [4.69, 9.17) is 0 Å². The van der Waals surface area contributed by atoms with Gasteiger partial charge in [-0.05, 0) is 59.1 Å². The quantitative estimate of drug-likeness (QED) is 0.527. The molecule has 1 aliphatic rings. The summed E-state index contributed by atoms with van der Waals surface area (Å²) in [5.41, 5.74) is -2.24. The van der Waals surface area contributed by atoms with Crippen LogP contribution in [-0.2, 0) is 11.3 Å². The average Bonchev–Trinajstić information content (AvgIpc) is 2.88. The smallest absolute Gasteiger partial charge is 0.310 e. The highest BCUT2D eigenvalue weighted by Gasteiger charge is 2.37. The van der Waals surface area contributed by atoms with Crippen LogP contribution in [0.15, 0.2) is 47.6 Å². The predicted octanol–water partition coefficient (Wildman–Crippen LogP) is 4.79. The van der Waals surface area contributed by atoms with Crippen molar-refractivity contribution in [3.63, 3.8) is 0 Å². The second kappa shape index (κ2) is 7.83. The van der Waals surface area contributed by atoms with E-state index in [0.29, 0.717) is 0 Å². The normalized spacial score (nSPS) is 15.1. The Morgan fingerprint density at radius 3 is 2.43 bits per heavy atom. The lowest BCUT2D eigenvalue weighted by atomic mass is 9.99. The van der Waals surface area contributed by atoms with E-state index in [1.807, 2.05) is 19.9 Å². The molecule has 0 N–H and O–H groups in total. The number of halogens is 3. The zero-order valence-electron chi connectivity index (χ0n) is 15.2. The number of aromatic nitrogens is 1. The molecule has 1 aliphatic heterocycles. The van der Waals surface area contributed by atoms with Crippen LogP contribution in [0, 0.1) is 0 Å². The van der Waals surface area contributed by atoms with E-state index < -0.39 is 17.4 Å². The van der Waals surface area contributed by atoms with E-state index in [1.165, 1.54) is 29.2 Å². The van der Waals surface area contributed by atoms with Crippen molar-refractivity contribution < 1.29 is 22.8 Å². The van der Waals surface area contributed by atoms with Crippen LogP contribution in [0.2, 0.25) is 0 Å². The van der Waals surface area contributed by atoms with E-state index in [-0.39, 0.29) is 41.4 Å². The molecule has 0 radical (unpaired) electrons.